The average Bonchev–Trinajstić information content (AvgIpc) is 2.17. The monoisotopic (exact) mass is 220 g/mol. The van der Waals surface area contributed by atoms with Crippen LogP contribution in [0.3, 0.4) is 0 Å². The van der Waals surface area contributed by atoms with Gasteiger partial charge in [-0.15, -0.1) is 0 Å². The summed E-state index contributed by atoms with van der Waals surface area (Å²) >= 11 is 0. The molecular formula is C9H7F3O3. The van der Waals surface area contributed by atoms with E-state index in [2.05, 4.69) is 9.47 Å². The zero-order chi connectivity index (χ0) is 11.5. The second kappa shape index (κ2) is 4.20. The van der Waals surface area contributed by atoms with E-state index in [0.717, 1.165) is 19.2 Å². The van der Waals surface area contributed by atoms with Gasteiger partial charge in [0.1, 0.15) is 5.75 Å². The fourth-order valence-corrected chi connectivity index (χ4v) is 0.921. The number of ether oxygens (including phenoxy) is 2. The first kappa shape index (κ1) is 11.4. The lowest BCUT2D eigenvalue weighted by molar-refractivity contribution is -0.138. The van der Waals surface area contributed by atoms with Gasteiger partial charge >= 0.3 is 12.3 Å². The fourth-order valence-electron chi connectivity index (χ4n) is 0.921. The van der Waals surface area contributed by atoms with Crippen molar-refractivity contribution in [2.75, 3.05) is 7.11 Å². The topological polar surface area (TPSA) is 35.5 Å². The molecule has 0 amide bonds. The summed E-state index contributed by atoms with van der Waals surface area (Å²) in [6.07, 6.45) is -5.75. The average molecular weight is 220 g/mol. The lowest BCUT2D eigenvalue weighted by Gasteiger charge is -2.11. The molecule has 0 aliphatic rings. The number of para-hydroxylation sites is 1. The number of methoxy groups -OCH3 is 1. The van der Waals surface area contributed by atoms with Crippen LogP contribution in [-0.4, -0.2) is 13.3 Å². The highest BCUT2D eigenvalue weighted by Crippen LogP contribution is 2.35. The minimum atomic E-state index is -4.56. The normalized spacial score (nSPS) is 10.9. The van der Waals surface area contributed by atoms with E-state index in [4.69, 9.17) is 0 Å². The molecule has 0 fully saturated rings. The van der Waals surface area contributed by atoms with Crippen LogP contribution in [0.4, 0.5) is 18.0 Å². The van der Waals surface area contributed by atoms with Gasteiger partial charge in [-0.05, 0) is 12.1 Å². The van der Waals surface area contributed by atoms with Gasteiger partial charge in [0.05, 0.1) is 12.7 Å². The predicted molar refractivity (Wildman–Crippen MR) is 44.5 cm³/mol. The first-order valence-corrected chi connectivity index (χ1v) is 3.87. The third-order valence-corrected chi connectivity index (χ3v) is 1.55. The Kier molecular flexibility index (Phi) is 3.18. The van der Waals surface area contributed by atoms with Crippen LogP contribution in [0.2, 0.25) is 0 Å². The summed E-state index contributed by atoms with van der Waals surface area (Å²) in [7, 11) is 1.01. The molecule has 6 heteroatoms. The van der Waals surface area contributed by atoms with Gasteiger partial charge in [0.25, 0.3) is 0 Å². The van der Waals surface area contributed by atoms with E-state index in [1.165, 1.54) is 12.1 Å². The molecule has 1 rings (SSSR count). The molecule has 82 valence electrons. The number of hydrogen-bond acceptors (Lipinski definition) is 3. The first-order valence-electron chi connectivity index (χ1n) is 3.87. The quantitative estimate of drug-likeness (QED) is 0.539. The van der Waals surface area contributed by atoms with Crippen LogP contribution in [0.1, 0.15) is 5.56 Å². The fraction of sp³-hybridized carbons (Fsp3) is 0.222. The van der Waals surface area contributed by atoms with Crippen molar-refractivity contribution in [2.45, 2.75) is 6.18 Å². The number of carbonyl (C=O) groups excluding carboxylic acids is 1. The summed E-state index contributed by atoms with van der Waals surface area (Å²) in [6.45, 7) is 0. The van der Waals surface area contributed by atoms with Gasteiger partial charge in [0, 0.05) is 0 Å². The van der Waals surface area contributed by atoms with E-state index in [-0.39, 0.29) is 0 Å². The molecule has 15 heavy (non-hydrogen) atoms. The van der Waals surface area contributed by atoms with Crippen molar-refractivity contribution in [3.05, 3.63) is 29.8 Å². The Morgan fingerprint density at radius 2 is 1.87 bits per heavy atom. The molecule has 0 aromatic heterocycles. The van der Waals surface area contributed by atoms with Crippen molar-refractivity contribution in [1.29, 1.82) is 0 Å². The number of halogens is 3. The maximum Gasteiger partial charge on any atom is 0.513 e. The zero-order valence-corrected chi connectivity index (χ0v) is 7.67. The van der Waals surface area contributed by atoms with Gasteiger partial charge in [-0.1, -0.05) is 12.1 Å². The van der Waals surface area contributed by atoms with Gasteiger partial charge in [0.2, 0.25) is 0 Å². The molecule has 0 saturated carbocycles. The Hall–Kier alpha value is -1.72. The Bertz CT molecular complexity index is 360. The smallest absolute Gasteiger partial charge is 0.437 e. The van der Waals surface area contributed by atoms with Crippen LogP contribution < -0.4 is 4.74 Å². The highest BCUT2D eigenvalue weighted by atomic mass is 19.4. The first-order chi connectivity index (χ1) is 6.95. The molecule has 1 aromatic rings. The van der Waals surface area contributed by atoms with Crippen molar-refractivity contribution < 1.29 is 27.4 Å². The molecule has 0 aliphatic carbocycles. The van der Waals surface area contributed by atoms with E-state index < -0.39 is 23.6 Å². The van der Waals surface area contributed by atoms with E-state index in [1.54, 1.807) is 0 Å². The minimum absolute atomic E-state index is 0.572. The van der Waals surface area contributed by atoms with Crippen LogP contribution in [0.5, 0.6) is 5.75 Å². The predicted octanol–water partition coefficient (Wildman–Crippen LogP) is 2.85. The van der Waals surface area contributed by atoms with Gasteiger partial charge in [0.15, 0.2) is 0 Å². The molecule has 0 saturated heterocycles. The van der Waals surface area contributed by atoms with Crippen molar-refractivity contribution in [1.82, 2.24) is 0 Å². The molecule has 0 atom stereocenters. The van der Waals surface area contributed by atoms with Gasteiger partial charge < -0.3 is 9.47 Å². The van der Waals surface area contributed by atoms with Crippen LogP contribution >= 0.6 is 0 Å². The second-order valence-electron chi connectivity index (χ2n) is 2.55. The molecule has 0 N–H and O–H groups in total. The van der Waals surface area contributed by atoms with Crippen molar-refractivity contribution in [2.24, 2.45) is 0 Å². The summed E-state index contributed by atoms with van der Waals surface area (Å²) in [6, 6.07) is 4.39. The SMILES string of the molecule is COC(=O)Oc1ccccc1C(F)(F)F. The number of rotatable bonds is 1. The Morgan fingerprint density at radius 1 is 1.27 bits per heavy atom. The summed E-state index contributed by atoms with van der Waals surface area (Å²) in [5.41, 5.74) is -1.02. The zero-order valence-electron chi connectivity index (χ0n) is 7.67. The number of alkyl halides is 3. The Labute approximate surface area is 83.4 Å². The molecular weight excluding hydrogens is 213 g/mol. The highest BCUT2D eigenvalue weighted by molar-refractivity contribution is 5.64. The van der Waals surface area contributed by atoms with Crippen LogP contribution in [0.25, 0.3) is 0 Å². The summed E-state index contributed by atoms with van der Waals surface area (Å²) < 4.78 is 45.5. The van der Waals surface area contributed by atoms with Crippen molar-refractivity contribution in [3.8, 4) is 5.75 Å². The summed E-state index contributed by atoms with van der Waals surface area (Å²) in [5.74, 6) is -0.572. The third-order valence-electron chi connectivity index (χ3n) is 1.55. The van der Waals surface area contributed by atoms with Gasteiger partial charge in [-0.3, -0.25) is 0 Å². The number of carbonyl (C=O) groups is 1. The highest BCUT2D eigenvalue weighted by Gasteiger charge is 2.34. The molecule has 0 heterocycles. The standard InChI is InChI=1S/C9H7F3O3/c1-14-8(13)15-7-5-3-2-4-6(7)9(10,11)12/h2-5H,1H3. The molecule has 0 aliphatic heterocycles. The summed E-state index contributed by atoms with van der Waals surface area (Å²) in [5, 5.41) is 0. The molecule has 0 bridgehead atoms. The minimum Gasteiger partial charge on any atom is -0.437 e. The van der Waals surface area contributed by atoms with Crippen molar-refractivity contribution in [3.63, 3.8) is 0 Å². The lowest BCUT2D eigenvalue weighted by atomic mass is 10.2. The van der Waals surface area contributed by atoms with Gasteiger partial charge in [-0.2, -0.15) is 13.2 Å². The molecule has 0 radical (unpaired) electrons. The molecule has 1 aromatic carbocycles. The van der Waals surface area contributed by atoms with E-state index >= 15 is 0 Å². The molecule has 3 nitrogen and oxygen atoms in total. The van der Waals surface area contributed by atoms with Crippen molar-refractivity contribution >= 4 is 6.16 Å². The Morgan fingerprint density at radius 3 is 2.40 bits per heavy atom. The van der Waals surface area contributed by atoms with Gasteiger partial charge in [-0.25, -0.2) is 4.79 Å². The van der Waals surface area contributed by atoms with E-state index in [0.29, 0.717) is 0 Å². The van der Waals surface area contributed by atoms with E-state index in [9.17, 15) is 18.0 Å². The molecule has 0 unspecified atom stereocenters. The summed E-state index contributed by atoms with van der Waals surface area (Å²) in [4.78, 5) is 10.6. The lowest BCUT2D eigenvalue weighted by Crippen LogP contribution is -2.13. The number of hydrogen-bond donors (Lipinski definition) is 0. The Balaban J connectivity index is 3.02. The maximum absolute atomic E-state index is 12.4. The third kappa shape index (κ3) is 2.87. The van der Waals surface area contributed by atoms with Crippen LogP contribution in [0, 0.1) is 0 Å². The molecule has 0 spiro atoms. The largest absolute Gasteiger partial charge is 0.513 e. The number of benzene rings is 1. The van der Waals surface area contributed by atoms with E-state index in [1.807, 2.05) is 0 Å². The second-order valence-corrected chi connectivity index (χ2v) is 2.55. The van der Waals surface area contributed by atoms with Crippen LogP contribution in [-0.2, 0) is 10.9 Å². The van der Waals surface area contributed by atoms with Crippen LogP contribution in [0.15, 0.2) is 24.3 Å². The maximum atomic E-state index is 12.4.